The van der Waals surface area contributed by atoms with E-state index in [4.69, 9.17) is 11.6 Å². The first-order valence-corrected chi connectivity index (χ1v) is 10.6. The molecule has 0 bridgehead atoms. The summed E-state index contributed by atoms with van der Waals surface area (Å²) in [5, 5.41) is 14.6. The number of halogens is 1. The number of carbonyl (C=O) groups is 1. The van der Waals surface area contributed by atoms with E-state index < -0.39 is 4.92 Å². The lowest BCUT2D eigenvalue weighted by atomic mass is 9.87. The summed E-state index contributed by atoms with van der Waals surface area (Å²) in [7, 11) is 0. The Morgan fingerprint density at radius 2 is 1.87 bits per heavy atom. The SMILES string of the molecule is C[C@@H]1CCCCN1c1cc(NC(=O)c2ccc(C(C)(C)C)cc2)c(Cl)cc1[N+](=O)[O-]. The molecule has 0 aliphatic carbocycles. The van der Waals surface area contributed by atoms with Crippen LogP contribution in [0.1, 0.15) is 62.9 Å². The highest BCUT2D eigenvalue weighted by atomic mass is 35.5. The molecule has 160 valence electrons. The van der Waals surface area contributed by atoms with Crippen molar-refractivity contribution in [2.24, 2.45) is 0 Å². The molecule has 0 spiro atoms. The van der Waals surface area contributed by atoms with Gasteiger partial charge < -0.3 is 10.2 Å². The van der Waals surface area contributed by atoms with Crippen LogP contribution in [0.2, 0.25) is 5.02 Å². The monoisotopic (exact) mass is 429 g/mol. The van der Waals surface area contributed by atoms with Crippen LogP contribution < -0.4 is 10.2 Å². The van der Waals surface area contributed by atoms with E-state index in [1.807, 2.05) is 17.0 Å². The molecule has 0 unspecified atom stereocenters. The van der Waals surface area contributed by atoms with E-state index in [9.17, 15) is 14.9 Å². The first kappa shape index (κ1) is 22.1. The van der Waals surface area contributed by atoms with Crippen LogP contribution in [-0.4, -0.2) is 23.4 Å². The average molecular weight is 430 g/mol. The van der Waals surface area contributed by atoms with E-state index >= 15 is 0 Å². The number of amides is 1. The van der Waals surface area contributed by atoms with Crippen LogP contribution in [0.15, 0.2) is 36.4 Å². The van der Waals surface area contributed by atoms with Crippen molar-refractivity contribution in [2.45, 2.75) is 58.4 Å². The highest BCUT2D eigenvalue weighted by Crippen LogP contribution is 2.39. The molecular formula is C23H28ClN3O3. The van der Waals surface area contributed by atoms with E-state index in [-0.39, 0.29) is 28.1 Å². The Labute approximate surface area is 182 Å². The number of benzene rings is 2. The summed E-state index contributed by atoms with van der Waals surface area (Å²) in [4.78, 5) is 26.0. The Bertz CT molecular complexity index is 951. The van der Waals surface area contributed by atoms with Crippen molar-refractivity contribution in [3.05, 3.63) is 62.7 Å². The number of nitrogens with zero attached hydrogens (tertiary/aromatic N) is 2. The van der Waals surface area contributed by atoms with Gasteiger partial charge in [0.05, 0.1) is 15.6 Å². The fourth-order valence-corrected chi connectivity index (χ4v) is 4.00. The van der Waals surface area contributed by atoms with E-state index in [0.29, 0.717) is 16.9 Å². The van der Waals surface area contributed by atoms with Gasteiger partial charge in [-0.2, -0.15) is 0 Å². The lowest BCUT2D eigenvalue weighted by molar-refractivity contribution is -0.384. The van der Waals surface area contributed by atoms with Gasteiger partial charge in [0.25, 0.3) is 11.6 Å². The zero-order valence-corrected chi connectivity index (χ0v) is 18.6. The number of carbonyl (C=O) groups excluding carboxylic acids is 1. The topological polar surface area (TPSA) is 75.5 Å². The quantitative estimate of drug-likeness (QED) is 0.465. The minimum Gasteiger partial charge on any atom is -0.363 e. The number of hydrogen-bond acceptors (Lipinski definition) is 4. The van der Waals surface area contributed by atoms with Crippen molar-refractivity contribution >= 4 is 34.6 Å². The molecule has 6 nitrogen and oxygen atoms in total. The molecule has 3 rings (SSSR count). The standard InChI is InChI=1S/C23H28ClN3O3/c1-15-7-5-6-12-26(15)20-14-19(18(24)13-21(20)27(29)30)25-22(28)16-8-10-17(11-9-16)23(2,3)4/h8-11,13-15H,5-7,12H2,1-4H3,(H,25,28)/t15-/m1/s1. The van der Waals surface area contributed by atoms with E-state index in [2.05, 4.69) is 33.0 Å². The Kier molecular flexibility index (Phi) is 6.36. The maximum absolute atomic E-state index is 12.8. The van der Waals surface area contributed by atoms with Gasteiger partial charge in [-0.3, -0.25) is 14.9 Å². The number of nitrogens with one attached hydrogen (secondary N) is 1. The molecule has 1 N–H and O–H groups in total. The van der Waals surface area contributed by atoms with Gasteiger partial charge in [-0.15, -0.1) is 0 Å². The van der Waals surface area contributed by atoms with Crippen LogP contribution in [0.25, 0.3) is 0 Å². The summed E-state index contributed by atoms with van der Waals surface area (Å²) in [5.41, 5.74) is 2.46. The predicted octanol–water partition coefficient (Wildman–Crippen LogP) is 6.18. The lowest BCUT2D eigenvalue weighted by Gasteiger charge is -2.35. The summed E-state index contributed by atoms with van der Waals surface area (Å²) in [6.07, 6.45) is 3.06. The summed E-state index contributed by atoms with van der Waals surface area (Å²) in [6.45, 7) is 9.14. The molecule has 1 amide bonds. The summed E-state index contributed by atoms with van der Waals surface area (Å²) in [6, 6.07) is 10.6. The number of hydrogen-bond donors (Lipinski definition) is 1. The second kappa shape index (κ2) is 8.64. The third kappa shape index (κ3) is 4.75. The van der Waals surface area contributed by atoms with Crippen molar-refractivity contribution in [3.63, 3.8) is 0 Å². The third-order valence-corrected chi connectivity index (χ3v) is 5.95. The van der Waals surface area contributed by atoms with Gasteiger partial charge in [-0.25, -0.2) is 0 Å². The van der Waals surface area contributed by atoms with E-state index in [1.165, 1.54) is 6.07 Å². The summed E-state index contributed by atoms with van der Waals surface area (Å²) >= 11 is 6.30. The van der Waals surface area contributed by atoms with Crippen LogP contribution >= 0.6 is 11.6 Å². The van der Waals surface area contributed by atoms with Crippen LogP contribution in [0.4, 0.5) is 17.1 Å². The van der Waals surface area contributed by atoms with Crippen molar-refractivity contribution < 1.29 is 9.72 Å². The molecule has 1 fully saturated rings. The van der Waals surface area contributed by atoms with Crippen molar-refractivity contribution in [3.8, 4) is 0 Å². The maximum atomic E-state index is 12.8. The number of nitro groups is 1. The summed E-state index contributed by atoms with van der Waals surface area (Å²) in [5.74, 6) is -0.302. The minimum absolute atomic E-state index is 0.00326. The number of rotatable bonds is 4. The second-order valence-electron chi connectivity index (χ2n) is 8.90. The molecule has 0 radical (unpaired) electrons. The van der Waals surface area contributed by atoms with Gasteiger partial charge >= 0.3 is 0 Å². The molecule has 30 heavy (non-hydrogen) atoms. The zero-order valence-electron chi connectivity index (χ0n) is 17.9. The third-order valence-electron chi connectivity index (χ3n) is 5.63. The lowest BCUT2D eigenvalue weighted by Crippen LogP contribution is -2.37. The van der Waals surface area contributed by atoms with Gasteiger partial charge in [0, 0.05) is 24.2 Å². The molecule has 1 aliphatic rings. The van der Waals surface area contributed by atoms with Gasteiger partial charge in [-0.1, -0.05) is 44.5 Å². The Hall–Kier alpha value is -2.60. The largest absolute Gasteiger partial charge is 0.363 e. The highest BCUT2D eigenvalue weighted by molar-refractivity contribution is 6.34. The Balaban J connectivity index is 1.91. The minimum atomic E-state index is -0.417. The first-order chi connectivity index (χ1) is 14.1. The average Bonchev–Trinajstić information content (AvgIpc) is 2.69. The van der Waals surface area contributed by atoms with Gasteiger partial charge in [0.15, 0.2) is 0 Å². The smallest absolute Gasteiger partial charge is 0.294 e. The fourth-order valence-electron chi connectivity index (χ4n) is 3.80. The van der Waals surface area contributed by atoms with Crippen LogP contribution in [0.3, 0.4) is 0 Å². The van der Waals surface area contributed by atoms with Crippen LogP contribution in [-0.2, 0) is 5.41 Å². The molecule has 1 aliphatic heterocycles. The van der Waals surface area contributed by atoms with Crippen LogP contribution in [0, 0.1) is 10.1 Å². The normalized spacial score (nSPS) is 17.0. The van der Waals surface area contributed by atoms with E-state index in [1.54, 1.807) is 18.2 Å². The molecule has 0 aromatic heterocycles. The summed E-state index contributed by atoms with van der Waals surface area (Å²) < 4.78 is 0. The number of anilines is 2. The Morgan fingerprint density at radius 3 is 2.43 bits per heavy atom. The molecular weight excluding hydrogens is 402 g/mol. The molecule has 1 atom stereocenters. The molecule has 7 heteroatoms. The molecule has 2 aromatic carbocycles. The van der Waals surface area contributed by atoms with E-state index in [0.717, 1.165) is 31.4 Å². The number of nitro benzene ring substituents is 1. The number of piperidine rings is 1. The molecule has 1 heterocycles. The predicted molar refractivity (Wildman–Crippen MR) is 122 cm³/mol. The molecule has 2 aromatic rings. The molecule has 0 saturated carbocycles. The zero-order chi connectivity index (χ0) is 22.1. The highest BCUT2D eigenvalue weighted by Gasteiger charge is 2.27. The molecule has 1 saturated heterocycles. The van der Waals surface area contributed by atoms with Gasteiger partial charge in [-0.05, 0) is 55.4 Å². The fraction of sp³-hybridized carbons (Fsp3) is 0.435. The van der Waals surface area contributed by atoms with Gasteiger partial charge in [0.1, 0.15) is 5.69 Å². The maximum Gasteiger partial charge on any atom is 0.294 e. The first-order valence-electron chi connectivity index (χ1n) is 10.2. The van der Waals surface area contributed by atoms with Crippen molar-refractivity contribution in [1.29, 1.82) is 0 Å². The van der Waals surface area contributed by atoms with Crippen molar-refractivity contribution in [2.75, 3.05) is 16.8 Å². The van der Waals surface area contributed by atoms with Crippen molar-refractivity contribution in [1.82, 2.24) is 0 Å². The Morgan fingerprint density at radius 1 is 1.20 bits per heavy atom. The van der Waals surface area contributed by atoms with Crippen LogP contribution in [0.5, 0.6) is 0 Å². The van der Waals surface area contributed by atoms with Gasteiger partial charge in [0.2, 0.25) is 0 Å². The second-order valence-corrected chi connectivity index (χ2v) is 9.30.